The van der Waals surface area contributed by atoms with Crippen LogP contribution in [0.1, 0.15) is 16.8 Å². The summed E-state index contributed by atoms with van der Waals surface area (Å²) in [5, 5.41) is 11.8. The summed E-state index contributed by atoms with van der Waals surface area (Å²) in [4.78, 5) is 12.3. The molecule has 3 aromatic heterocycles. The van der Waals surface area contributed by atoms with Gasteiger partial charge in [-0.25, -0.2) is 0 Å². The Morgan fingerprint density at radius 2 is 2.15 bits per heavy atom. The molecule has 0 unspecified atom stereocenters. The van der Waals surface area contributed by atoms with Gasteiger partial charge in [0.1, 0.15) is 17.1 Å². The van der Waals surface area contributed by atoms with Crippen LogP contribution >= 0.6 is 0 Å². The van der Waals surface area contributed by atoms with Crippen LogP contribution in [0.5, 0.6) is 0 Å². The van der Waals surface area contributed by atoms with Gasteiger partial charge in [0.15, 0.2) is 0 Å². The lowest BCUT2D eigenvalue weighted by Gasteiger charge is -2.10. The van der Waals surface area contributed by atoms with Crippen LogP contribution in [0.15, 0.2) is 60.0 Å². The highest BCUT2D eigenvalue weighted by Gasteiger charge is 2.16. The lowest BCUT2D eigenvalue weighted by molar-refractivity contribution is 0.795. The Bertz CT molecular complexity index is 1270. The summed E-state index contributed by atoms with van der Waals surface area (Å²) in [5.41, 5.74) is 10.5. The van der Waals surface area contributed by atoms with E-state index in [2.05, 4.69) is 16.0 Å². The number of aromatic amines is 1. The molecule has 6 nitrogen and oxygen atoms in total. The molecule has 0 aliphatic carbocycles. The van der Waals surface area contributed by atoms with Gasteiger partial charge < -0.3 is 15.3 Å². The van der Waals surface area contributed by atoms with Gasteiger partial charge in [0.05, 0.1) is 17.8 Å². The predicted octanol–water partition coefficient (Wildman–Crippen LogP) is 2.96. The standard InChI is InChI=1S/C21H18N6/c1-27-18(8-9-22)20-19(15-6-2-3-7-17(15)26-20)16(11-23)21(27)25-13-14-5-4-10-24-12-14/h2-10,12,26H,13,22H2,1H3. The van der Waals surface area contributed by atoms with Crippen LogP contribution in [0.4, 0.5) is 0 Å². The zero-order chi connectivity index (χ0) is 18.8. The van der Waals surface area contributed by atoms with Crippen molar-refractivity contribution in [2.45, 2.75) is 6.54 Å². The summed E-state index contributed by atoms with van der Waals surface area (Å²) in [7, 11) is 1.89. The van der Waals surface area contributed by atoms with Crippen molar-refractivity contribution in [3.05, 3.63) is 77.3 Å². The fourth-order valence-corrected chi connectivity index (χ4v) is 3.39. The number of rotatable bonds is 3. The minimum absolute atomic E-state index is 0.440. The SMILES string of the molecule is Cn1c(C=CN)c2[nH]c3ccccc3c2c(C#N)c1=NCc1cccnc1. The molecule has 0 aliphatic rings. The maximum atomic E-state index is 9.94. The van der Waals surface area contributed by atoms with E-state index in [9.17, 15) is 5.26 Å². The van der Waals surface area contributed by atoms with Crippen molar-refractivity contribution in [3.63, 3.8) is 0 Å². The molecule has 6 heteroatoms. The molecule has 4 aromatic rings. The monoisotopic (exact) mass is 354 g/mol. The Hall–Kier alpha value is -3.85. The molecule has 0 atom stereocenters. The molecule has 0 fully saturated rings. The minimum Gasteiger partial charge on any atom is -0.405 e. The Labute approximate surface area is 155 Å². The van der Waals surface area contributed by atoms with E-state index in [0.717, 1.165) is 33.1 Å². The third-order valence-corrected chi connectivity index (χ3v) is 4.61. The van der Waals surface area contributed by atoms with Crippen molar-refractivity contribution in [2.24, 2.45) is 17.8 Å². The van der Waals surface area contributed by atoms with Crippen molar-refractivity contribution in [1.29, 1.82) is 5.26 Å². The van der Waals surface area contributed by atoms with E-state index in [-0.39, 0.29) is 0 Å². The fraction of sp³-hybridized carbons (Fsp3) is 0.0952. The van der Waals surface area contributed by atoms with Crippen LogP contribution < -0.4 is 11.2 Å². The molecule has 0 saturated heterocycles. The number of para-hydroxylation sites is 1. The lowest BCUT2D eigenvalue weighted by atomic mass is 10.1. The van der Waals surface area contributed by atoms with Gasteiger partial charge in [-0.3, -0.25) is 9.98 Å². The van der Waals surface area contributed by atoms with Crippen LogP contribution in [-0.2, 0) is 13.6 Å². The number of nitriles is 1. The number of aromatic nitrogens is 3. The summed E-state index contributed by atoms with van der Waals surface area (Å²) < 4.78 is 1.90. The third-order valence-electron chi connectivity index (χ3n) is 4.61. The molecule has 4 rings (SSSR count). The number of nitrogens with one attached hydrogen (secondary N) is 1. The number of benzene rings is 1. The number of hydrogen-bond acceptors (Lipinski definition) is 4. The van der Waals surface area contributed by atoms with Crippen molar-refractivity contribution >= 4 is 27.9 Å². The summed E-state index contributed by atoms with van der Waals surface area (Å²) in [6.45, 7) is 0.440. The van der Waals surface area contributed by atoms with E-state index in [1.807, 2.05) is 54.1 Å². The first-order valence-corrected chi connectivity index (χ1v) is 8.55. The molecule has 1 aromatic carbocycles. The Kier molecular flexibility index (Phi) is 4.19. The van der Waals surface area contributed by atoms with Crippen molar-refractivity contribution in [1.82, 2.24) is 14.5 Å². The smallest absolute Gasteiger partial charge is 0.147 e. The van der Waals surface area contributed by atoms with Crippen LogP contribution in [-0.4, -0.2) is 14.5 Å². The number of nitrogens with zero attached hydrogens (tertiary/aromatic N) is 4. The molecule has 27 heavy (non-hydrogen) atoms. The van der Waals surface area contributed by atoms with Gasteiger partial charge in [-0.15, -0.1) is 0 Å². The quantitative estimate of drug-likeness (QED) is 0.592. The third kappa shape index (κ3) is 2.75. The molecule has 0 bridgehead atoms. The van der Waals surface area contributed by atoms with Gasteiger partial charge in [0, 0.05) is 35.7 Å². The summed E-state index contributed by atoms with van der Waals surface area (Å²) >= 11 is 0. The van der Waals surface area contributed by atoms with Crippen molar-refractivity contribution in [2.75, 3.05) is 0 Å². The Morgan fingerprint density at radius 1 is 1.30 bits per heavy atom. The average molecular weight is 354 g/mol. The molecule has 0 aliphatic heterocycles. The number of hydrogen-bond donors (Lipinski definition) is 2. The second-order valence-electron chi connectivity index (χ2n) is 6.21. The molecular formula is C21H18N6. The van der Waals surface area contributed by atoms with Crippen molar-refractivity contribution in [3.8, 4) is 6.07 Å². The van der Waals surface area contributed by atoms with Crippen LogP contribution in [0.25, 0.3) is 27.9 Å². The highest BCUT2D eigenvalue weighted by Crippen LogP contribution is 2.29. The van der Waals surface area contributed by atoms with E-state index in [1.165, 1.54) is 6.20 Å². The zero-order valence-electron chi connectivity index (χ0n) is 14.8. The van der Waals surface area contributed by atoms with E-state index in [1.54, 1.807) is 12.4 Å². The van der Waals surface area contributed by atoms with Crippen LogP contribution in [0.3, 0.4) is 0 Å². The first kappa shape index (κ1) is 16.6. The summed E-state index contributed by atoms with van der Waals surface area (Å²) in [6.07, 6.45) is 6.83. The van der Waals surface area contributed by atoms with Gasteiger partial charge >= 0.3 is 0 Å². The molecule has 0 saturated carbocycles. The first-order chi connectivity index (χ1) is 13.2. The fourth-order valence-electron chi connectivity index (χ4n) is 3.39. The number of fused-ring (bicyclic) bond motifs is 3. The number of H-pyrrole nitrogens is 1. The van der Waals surface area contributed by atoms with Crippen molar-refractivity contribution < 1.29 is 0 Å². The number of nitrogens with two attached hydrogens (primary N) is 1. The molecule has 0 amide bonds. The second kappa shape index (κ2) is 6.81. The average Bonchev–Trinajstić information content (AvgIpc) is 3.09. The molecule has 3 N–H and O–H groups in total. The second-order valence-corrected chi connectivity index (χ2v) is 6.21. The topological polar surface area (TPSA) is 95.8 Å². The molecule has 0 spiro atoms. The van der Waals surface area contributed by atoms with Gasteiger partial charge in [-0.2, -0.15) is 5.26 Å². The molecule has 3 heterocycles. The predicted molar refractivity (Wildman–Crippen MR) is 106 cm³/mol. The van der Waals surface area contributed by atoms with Crippen LogP contribution in [0.2, 0.25) is 0 Å². The van der Waals surface area contributed by atoms with Gasteiger partial charge in [-0.05, 0) is 30.0 Å². The highest BCUT2D eigenvalue weighted by molar-refractivity contribution is 6.11. The lowest BCUT2D eigenvalue weighted by Crippen LogP contribution is -2.24. The maximum absolute atomic E-state index is 9.94. The molecule has 132 valence electrons. The zero-order valence-corrected chi connectivity index (χ0v) is 14.8. The minimum atomic E-state index is 0.440. The molecule has 0 radical (unpaired) electrons. The largest absolute Gasteiger partial charge is 0.405 e. The van der Waals surface area contributed by atoms with Gasteiger partial charge in [-0.1, -0.05) is 24.3 Å². The Morgan fingerprint density at radius 3 is 2.89 bits per heavy atom. The maximum Gasteiger partial charge on any atom is 0.147 e. The highest BCUT2D eigenvalue weighted by atomic mass is 15.0. The van der Waals surface area contributed by atoms with E-state index in [0.29, 0.717) is 17.6 Å². The molecular weight excluding hydrogens is 336 g/mol. The van der Waals surface area contributed by atoms with Gasteiger partial charge in [0.2, 0.25) is 0 Å². The normalized spacial score (nSPS) is 12.2. The summed E-state index contributed by atoms with van der Waals surface area (Å²) in [5.74, 6) is 0. The van der Waals surface area contributed by atoms with E-state index in [4.69, 9.17) is 10.7 Å². The van der Waals surface area contributed by atoms with E-state index >= 15 is 0 Å². The summed E-state index contributed by atoms with van der Waals surface area (Å²) in [6, 6.07) is 14.1. The van der Waals surface area contributed by atoms with Gasteiger partial charge in [0.25, 0.3) is 0 Å². The van der Waals surface area contributed by atoms with Crippen LogP contribution in [0, 0.1) is 11.3 Å². The van der Waals surface area contributed by atoms with E-state index < -0.39 is 0 Å². The Balaban J connectivity index is 2.10. The first-order valence-electron chi connectivity index (χ1n) is 8.55. The number of pyridine rings is 2.